The van der Waals surface area contributed by atoms with Gasteiger partial charge in [-0.05, 0) is 23.8 Å². The Morgan fingerprint density at radius 1 is 1.12 bits per heavy atom. The smallest absolute Gasteiger partial charge is 0.213 e. The first-order chi connectivity index (χ1) is 7.75. The molecule has 2 aromatic rings. The van der Waals surface area contributed by atoms with Crippen molar-refractivity contribution in [2.24, 2.45) is 0 Å². The number of thioether (sulfide) groups is 1. The second-order valence-electron chi connectivity index (χ2n) is 3.18. The fourth-order valence-corrected chi connectivity index (χ4v) is 2.40. The fraction of sp³-hybridized carbons (Fsp3) is 0.0833. The Morgan fingerprint density at radius 2 is 1.94 bits per heavy atom. The van der Waals surface area contributed by atoms with Crippen molar-refractivity contribution < 1.29 is 4.39 Å². The molecule has 0 spiro atoms. The summed E-state index contributed by atoms with van der Waals surface area (Å²) in [5.74, 6) is 0.236. The topological polar surface area (TPSA) is 12.9 Å². The Kier molecular flexibility index (Phi) is 3.80. The lowest BCUT2D eigenvalue weighted by molar-refractivity contribution is 0.572. The maximum absolute atomic E-state index is 12.8. The Morgan fingerprint density at radius 3 is 2.69 bits per heavy atom. The van der Waals surface area contributed by atoms with Crippen LogP contribution in [0.25, 0.3) is 0 Å². The summed E-state index contributed by atoms with van der Waals surface area (Å²) in [6.45, 7) is 0. The van der Waals surface area contributed by atoms with Gasteiger partial charge in [0.15, 0.2) is 0 Å². The van der Waals surface area contributed by atoms with Gasteiger partial charge in [-0.3, -0.25) is 0 Å². The first kappa shape index (κ1) is 11.4. The molecule has 0 bridgehead atoms. The van der Waals surface area contributed by atoms with Gasteiger partial charge in [0.1, 0.15) is 0 Å². The van der Waals surface area contributed by atoms with E-state index in [2.05, 4.69) is 4.98 Å². The van der Waals surface area contributed by atoms with E-state index in [1.165, 1.54) is 17.8 Å². The minimum Gasteiger partial charge on any atom is -0.213 e. The van der Waals surface area contributed by atoms with E-state index < -0.39 is 5.95 Å². The standard InChI is InChI=1S/C12H9ClFNS/c13-10-5-2-1-4-9(10)8-16-12-7-3-6-11(14)15-12/h1-7H,8H2. The highest BCUT2D eigenvalue weighted by molar-refractivity contribution is 7.98. The van der Waals surface area contributed by atoms with Crippen molar-refractivity contribution in [2.75, 3.05) is 0 Å². The maximum atomic E-state index is 12.8. The molecule has 16 heavy (non-hydrogen) atoms. The molecule has 0 saturated carbocycles. The third-order valence-electron chi connectivity index (χ3n) is 2.02. The lowest BCUT2D eigenvalue weighted by atomic mass is 10.2. The molecule has 0 N–H and O–H groups in total. The average Bonchev–Trinajstić information content (AvgIpc) is 2.28. The zero-order valence-electron chi connectivity index (χ0n) is 8.36. The second-order valence-corrected chi connectivity index (χ2v) is 4.58. The zero-order valence-corrected chi connectivity index (χ0v) is 9.93. The monoisotopic (exact) mass is 253 g/mol. The van der Waals surface area contributed by atoms with E-state index in [-0.39, 0.29) is 0 Å². The highest BCUT2D eigenvalue weighted by atomic mass is 35.5. The van der Waals surface area contributed by atoms with Gasteiger partial charge >= 0.3 is 0 Å². The Bertz CT molecular complexity index is 490. The highest BCUT2D eigenvalue weighted by Crippen LogP contribution is 2.25. The van der Waals surface area contributed by atoms with Gasteiger partial charge in [0, 0.05) is 10.8 Å². The third kappa shape index (κ3) is 2.97. The Hall–Kier alpha value is -1.06. The molecule has 0 atom stereocenters. The summed E-state index contributed by atoms with van der Waals surface area (Å²) in [5, 5.41) is 1.39. The van der Waals surface area contributed by atoms with Gasteiger partial charge in [-0.25, -0.2) is 4.98 Å². The fourth-order valence-electron chi connectivity index (χ4n) is 1.24. The van der Waals surface area contributed by atoms with Gasteiger partial charge in [-0.1, -0.05) is 35.9 Å². The molecule has 0 radical (unpaired) electrons. The van der Waals surface area contributed by atoms with Gasteiger partial charge in [0.25, 0.3) is 0 Å². The van der Waals surface area contributed by atoms with Crippen LogP contribution >= 0.6 is 23.4 Å². The van der Waals surface area contributed by atoms with E-state index in [4.69, 9.17) is 11.6 Å². The van der Waals surface area contributed by atoms with Crippen LogP contribution in [0.2, 0.25) is 5.02 Å². The lowest BCUT2D eigenvalue weighted by Crippen LogP contribution is -1.86. The maximum Gasteiger partial charge on any atom is 0.213 e. The summed E-state index contributed by atoms with van der Waals surface area (Å²) in [6, 6.07) is 12.4. The molecule has 0 aliphatic heterocycles. The third-order valence-corrected chi connectivity index (χ3v) is 3.37. The molecule has 1 nitrogen and oxygen atoms in total. The number of nitrogens with zero attached hydrogens (tertiary/aromatic N) is 1. The Labute approximate surface area is 103 Å². The van der Waals surface area contributed by atoms with Crippen LogP contribution in [-0.4, -0.2) is 4.98 Å². The lowest BCUT2D eigenvalue weighted by Gasteiger charge is -2.03. The first-order valence-corrected chi connectivity index (χ1v) is 6.11. The molecule has 82 valence electrons. The van der Waals surface area contributed by atoms with Gasteiger partial charge in [0.2, 0.25) is 5.95 Å². The molecule has 0 amide bonds. The molecule has 1 aromatic heterocycles. The number of hydrogen-bond donors (Lipinski definition) is 0. The summed E-state index contributed by atoms with van der Waals surface area (Å²) in [7, 11) is 0. The van der Waals surface area contributed by atoms with E-state index in [1.807, 2.05) is 24.3 Å². The van der Waals surface area contributed by atoms with Crippen molar-refractivity contribution in [3.8, 4) is 0 Å². The predicted molar refractivity (Wildman–Crippen MR) is 65.2 cm³/mol. The van der Waals surface area contributed by atoms with Gasteiger partial charge < -0.3 is 0 Å². The molecular weight excluding hydrogens is 245 g/mol. The zero-order chi connectivity index (χ0) is 11.4. The number of halogens is 2. The van der Waals surface area contributed by atoms with Crippen LogP contribution < -0.4 is 0 Å². The number of aromatic nitrogens is 1. The predicted octanol–water partition coefficient (Wildman–Crippen LogP) is 4.17. The largest absolute Gasteiger partial charge is 0.213 e. The van der Waals surface area contributed by atoms with E-state index in [0.717, 1.165) is 10.6 Å². The van der Waals surface area contributed by atoms with Crippen molar-refractivity contribution in [1.82, 2.24) is 4.98 Å². The second kappa shape index (κ2) is 5.32. The van der Waals surface area contributed by atoms with Gasteiger partial charge in [-0.15, -0.1) is 11.8 Å². The molecule has 2 rings (SSSR count). The van der Waals surface area contributed by atoms with Gasteiger partial charge in [-0.2, -0.15) is 4.39 Å². The highest BCUT2D eigenvalue weighted by Gasteiger charge is 2.02. The number of rotatable bonds is 3. The summed E-state index contributed by atoms with van der Waals surface area (Å²) >= 11 is 7.48. The molecule has 0 unspecified atom stereocenters. The summed E-state index contributed by atoms with van der Waals surface area (Å²) in [6.07, 6.45) is 0. The SMILES string of the molecule is Fc1cccc(SCc2ccccc2Cl)n1. The normalized spacial score (nSPS) is 10.4. The minimum atomic E-state index is -0.454. The van der Waals surface area contributed by atoms with E-state index in [9.17, 15) is 4.39 Å². The van der Waals surface area contributed by atoms with Crippen LogP contribution in [-0.2, 0) is 5.75 Å². The van der Waals surface area contributed by atoms with Crippen LogP contribution in [0.15, 0.2) is 47.5 Å². The summed E-state index contributed by atoms with van der Waals surface area (Å²) < 4.78 is 12.8. The van der Waals surface area contributed by atoms with Crippen LogP contribution in [0.3, 0.4) is 0 Å². The molecule has 4 heteroatoms. The van der Waals surface area contributed by atoms with Crippen molar-refractivity contribution in [2.45, 2.75) is 10.8 Å². The van der Waals surface area contributed by atoms with Crippen LogP contribution in [0.4, 0.5) is 4.39 Å². The van der Waals surface area contributed by atoms with E-state index in [1.54, 1.807) is 12.1 Å². The summed E-state index contributed by atoms with van der Waals surface area (Å²) in [4.78, 5) is 3.77. The van der Waals surface area contributed by atoms with Crippen LogP contribution in [0.5, 0.6) is 0 Å². The molecule has 1 aromatic carbocycles. The van der Waals surface area contributed by atoms with Gasteiger partial charge in [0.05, 0.1) is 5.03 Å². The average molecular weight is 254 g/mol. The Balaban J connectivity index is 2.05. The van der Waals surface area contributed by atoms with Crippen LogP contribution in [0, 0.1) is 5.95 Å². The number of hydrogen-bond acceptors (Lipinski definition) is 2. The van der Waals surface area contributed by atoms with E-state index >= 15 is 0 Å². The molecule has 0 fully saturated rings. The van der Waals surface area contributed by atoms with Crippen molar-refractivity contribution in [3.05, 3.63) is 59.0 Å². The molecule has 1 heterocycles. The summed E-state index contributed by atoms with van der Waals surface area (Å²) in [5.41, 5.74) is 1.03. The molecule has 0 saturated heterocycles. The minimum absolute atomic E-state index is 0.454. The first-order valence-electron chi connectivity index (χ1n) is 4.74. The molecule has 0 aliphatic carbocycles. The molecule has 0 aliphatic rings. The van der Waals surface area contributed by atoms with Crippen molar-refractivity contribution in [1.29, 1.82) is 0 Å². The van der Waals surface area contributed by atoms with E-state index in [0.29, 0.717) is 10.8 Å². The van der Waals surface area contributed by atoms with Crippen LogP contribution in [0.1, 0.15) is 5.56 Å². The van der Waals surface area contributed by atoms with Crippen molar-refractivity contribution >= 4 is 23.4 Å². The number of pyridine rings is 1. The van der Waals surface area contributed by atoms with Crippen molar-refractivity contribution in [3.63, 3.8) is 0 Å². The number of benzene rings is 1. The molecular formula is C12H9ClFNS. The quantitative estimate of drug-likeness (QED) is 0.602.